The van der Waals surface area contributed by atoms with Gasteiger partial charge in [-0.2, -0.15) is 0 Å². The molecule has 0 aliphatic heterocycles. The van der Waals surface area contributed by atoms with Crippen molar-refractivity contribution in [1.29, 1.82) is 0 Å². The van der Waals surface area contributed by atoms with Crippen molar-refractivity contribution in [2.24, 2.45) is 0 Å². The van der Waals surface area contributed by atoms with Crippen molar-refractivity contribution in [3.8, 4) is 11.5 Å². The highest BCUT2D eigenvalue weighted by molar-refractivity contribution is 5.88. The van der Waals surface area contributed by atoms with Crippen LogP contribution >= 0.6 is 0 Å². The van der Waals surface area contributed by atoms with E-state index in [0.29, 0.717) is 22.7 Å². The number of rotatable bonds is 5. The van der Waals surface area contributed by atoms with Gasteiger partial charge in [0.05, 0.1) is 19.9 Å². The van der Waals surface area contributed by atoms with E-state index in [1.165, 1.54) is 14.2 Å². The summed E-state index contributed by atoms with van der Waals surface area (Å²) in [5.41, 5.74) is 0.480. The first-order valence-corrected chi connectivity index (χ1v) is 6.93. The molecule has 0 spiro atoms. The lowest BCUT2D eigenvalue weighted by atomic mass is 10.0. The maximum absolute atomic E-state index is 11.9. The van der Waals surface area contributed by atoms with Crippen molar-refractivity contribution >= 4 is 18.1 Å². The molecular weight excluding hydrogens is 286 g/mol. The molecule has 1 amide bonds. The molecule has 0 saturated heterocycles. The number of carbonyl (C=O) groups is 2. The Labute approximate surface area is 130 Å². The van der Waals surface area contributed by atoms with Crippen LogP contribution < -0.4 is 14.8 Å². The highest BCUT2D eigenvalue weighted by Crippen LogP contribution is 2.38. The number of methoxy groups -OCH3 is 2. The molecule has 6 heteroatoms. The minimum atomic E-state index is -0.616. The zero-order valence-electron chi connectivity index (χ0n) is 13.9. The highest BCUT2D eigenvalue weighted by Gasteiger charge is 2.20. The van der Waals surface area contributed by atoms with Crippen molar-refractivity contribution in [3.63, 3.8) is 0 Å². The van der Waals surface area contributed by atoms with E-state index in [-0.39, 0.29) is 5.92 Å². The molecule has 122 valence electrons. The fourth-order valence-corrected chi connectivity index (χ4v) is 1.83. The number of aldehydes is 1. The number of hydrogen-bond donors (Lipinski definition) is 1. The summed E-state index contributed by atoms with van der Waals surface area (Å²) >= 11 is 0. The summed E-state index contributed by atoms with van der Waals surface area (Å²) in [5, 5.41) is 2.63. The third kappa shape index (κ3) is 4.65. The van der Waals surface area contributed by atoms with Gasteiger partial charge in [-0.15, -0.1) is 0 Å². The van der Waals surface area contributed by atoms with Crippen LogP contribution in [-0.4, -0.2) is 32.2 Å². The molecule has 1 rings (SSSR count). The zero-order valence-corrected chi connectivity index (χ0v) is 13.9. The number of ether oxygens (including phenoxy) is 3. The highest BCUT2D eigenvalue weighted by atomic mass is 16.6. The van der Waals surface area contributed by atoms with Crippen LogP contribution in [0.5, 0.6) is 11.5 Å². The quantitative estimate of drug-likeness (QED) is 0.844. The standard InChI is InChI=1S/C16H23NO5/c1-10(9-18)11-7-12(14(21-6)13(8-11)20-5)17-15(19)22-16(2,3)4/h7-10H,1-6H3,(H,17,19). The molecule has 0 aliphatic rings. The second-order valence-electron chi connectivity index (χ2n) is 5.86. The molecule has 1 aromatic carbocycles. The van der Waals surface area contributed by atoms with Gasteiger partial charge in [0, 0.05) is 5.92 Å². The van der Waals surface area contributed by atoms with E-state index in [0.717, 1.165) is 6.29 Å². The molecule has 0 aliphatic carbocycles. The largest absolute Gasteiger partial charge is 0.493 e. The molecule has 1 unspecified atom stereocenters. The Balaban J connectivity index is 3.20. The lowest BCUT2D eigenvalue weighted by molar-refractivity contribution is -0.108. The first-order valence-electron chi connectivity index (χ1n) is 6.93. The molecule has 0 saturated carbocycles. The number of nitrogens with one attached hydrogen (secondary N) is 1. The summed E-state index contributed by atoms with van der Waals surface area (Å²) in [7, 11) is 2.96. The van der Waals surface area contributed by atoms with Gasteiger partial charge in [0.15, 0.2) is 11.5 Å². The first kappa shape index (κ1) is 17.8. The molecule has 0 heterocycles. The van der Waals surface area contributed by atoms with Crippen LogP contribution in [0.1, 0.15) is 39.2 Å². The number of carbonyl (C=O) groups excluding carboxylic acids is 2. The fraction of sp³-hybridized carbons (Fsp3) is 0.500. The minimum Gasteiger partial charge on any atom is -0.493 e. The van der Waals surface area contributed by atoms with Crippen LogP contribution in [-0.2, 0) is 9.53 Å². The minimum absolute atomic E-state index is 0.334. The topological polar surface area (TPSA) is 73.9 Å². The van der Waals surface area contributed by atoms with Gasteiger partial charge in [-0.1, -0.05) is 6.92 Å². The molecular formula is C16H23NO5. The average Bonchev–Trinajstić information content (AvgIpc) is 2.43. The summed E-state index contributed by atoms with van der Waals surface area (Å²) < 4.78 is 15.8. The monoisotopic (exact) mass is 309 g/mol. The molecule has 0 aromatic heterocycles. The Hall–Kier alpha value is -2.24. The van der Waals surface area contributed by atoms with Crippen LogP contribution in [0.15, 0.2) is 12.1 Å². The Bertz CT molecular complexity index is 548. The van der Waals surface area contributed by atoms with E-state index >= 15 is 0 Å². The van der Waals surface area contributed by atoms with Crippen LogP contribution in [0.25, 0.3) is 0 Å². The molecule has 1 N–H and O–H groups in total. The second-order valence-corrected chi connectivity index (χ2v) is 5.86. The van der Waals surface area contributed by atoms with Crippen LogP contribution in [0.3, 0.4) is 0 Å². The molecule has 22 heavy (non-hydrogen) atoms. The molecule has 0 radical (unpaired) electrons. The van der Waals surface area contributed by atoms with Crippen molar-refractivity contribution in [2.45, 2.75) is 39.2 Å². The van der Waals surface area contributed by atoms with Gasteiger partial charge in [0.2, 0.25) is 0 Å². The van der Waals surface area contributed by atoms with Gasteiger partial charge in [0.25, 0.3) is 0 Å². The van der Waals surface area contributed by atoms with Gasteiger partial charge in [-0.25, -0.2) is 4.79 Å². The predicted molar refractivity (Wildman–Crippen MR) is 83.9 cm³/mol. The molecule has 6 nitrogen and oxygen atoms in total. The van der Waals surface area contributed by atoms with Crippen molar-refractivity contribution in [2.75, 3.05) is 19.5 Å². The zero-order chi connectivity index (χ0) is 16.9. The van der Waals surface area contributed by atoms with Gasteiger partial charge >= 0.3 is 6.09 Å². The van der Waals surface area contributed by atoms with E-state index in [2.05, 4.69) is 5.32 Å². The Morgan fingerprint density at radius 1 is 1.23 bits per heavy atom. The normalized spacial score (nSPS) is 12.3. The van der Waals surface area contributed by atoms with Gasteiger partial charge in [0.1, 0.15) is 11.9 Å². The third-order valence-corrected chi connectivity index (χ3v) is 2.87. The summed E-state index contributed by atoms with van der Waals surface area (Å²) in [5.74, 6) is 0.467. The fourth-order valence-electron chi connectivity index (χ4n) is 1.83. The molecule has 1 atom stereocenters. The van der Waals surface area contributed by atoms with E-state index in [9.17, 15) is 9.59 Å². The third-order valence-electron chi connectivity index (χ3n) is 2.87. The molecule has 1 aromatic rings. The maximum Gasteiger partial charge on any atom is 0.412 e. The van der Waals surface area contributed by atoms with Crippen molar-refractivity contribution in [1.82, 2.24) is 0 Å². The van der Waals surface area contributed by atoms with E-state index < -0.39 is 11.7 Å². The first-order chi connectivity index (χ1) is 10.2. The second kappa shape index (κ2) is 7.15. The van der Waals surface area contributed by atoms with Crippen molar-refractivity contribution in [3.05, 3.63) is 17.7 Å². The lowest BCUT2D eigenvalue weighted by Gasteiger charge is -2.21. The van der Waals surface area contributed by atoms with E-state index in [4.69, 9.17) is 14.2 Å². The summed E-state index contributed by atoms with van der Waals surface area (Å²) in [6.07, 6.45) is 0.210. The van der Waals surface area contributed by atoms with Crippen LogP contribution in [0, 0.1) is 0 Å². The summed E-state index contributed by atoms with van der Waals surface area (Å²) in [6.45, 7) is 7.07. The van der Waals surface area contributed by atoms with Gasteiger partial charge < -0.3 is 19.0 Å². The van der Waals surface area contributed by atoms with E-state index in [1.807, 2.05) is 0 Å². The van der Waals surface area contributed by atoms with Crippen LogP contribution in [0.2, 0.25) is 0 Å². The Kier molecular flexibility index (Phi) is 5.79. The SMILES string of the molecule is COc1cc(C(C)C=O)cc(NC(=O)OC(C)(C)C)c1OC. The number of amides is 1. The summed E-state index contributed by atoms with van der Waals surface area (Å²) in [4.78, 5) is 22.9. The number of anilines is 1. The number of hydrogen-bond acceptors (Lipinski definition) is 5. The smallest absolute Gasteiger partial charge is 0.412 e. The molecule has 0 bridgehead atoms. The lowest BCUT2D eigenvalue weighted by Crippen LogP contribution is -2.27. The maximum atomic E-state index is 11.9. The number of benzene rings is 1. The average molecular weight is 309 g/mol. The summed E-state index contributed by atoms with van der Waals surface area (Å²) in [6, 6.07) is 3.38. The van der Waals surface area contributed by atoms with Gasteiger partial charge in [-0.3, -0.25) is 5.32 Å². The Morgan fingerprint density at radius 2 is 1.86 bits per heavy atom. The Morgan fingerprint density at radius 3 is 2.32 bits per heavy atom. The van der Waals surface area contributed by atoms with Crippen molar-refractivity contribution < 1.29 is 23.8 Å². The van der Waals surface area contributed by atoms with Crippen LogP contribution in [0.4, 0.5) is 10.5 Å². The molecule has 0 fully saturated rings. The predicted octanol–water partition coefficient (Wildman–Crippen LogP) is 3.35. The van der Waals surface area contributed by atoms with Gasteiger partial charge in [-0.05, 0) is 38.5 Å². The van der Waals surface area contributed by atoms with E-state index in [1.54, 1.807) is 39.8 Å².